The molecule has 0 saturated carbocycles. The number of rotatable bonds is 7. The number of carbonyl (C=O) groups is 2. The largest absolute Gasteiger partial charge is 0.550 e. The lowest BCUT2D eigenvalue weighted by Gasteiger charge is -2.14. The fraction of sp³-hybridized carbons (Fsp3) is 0.188. The molecule has 1 aromatic carbocycles. The van der Waals surface area contributed by atoms with Crippen molar-refractivity contribution in [3.05, 3.63) is 47.4 Å². The van der Waals surface area contributed by atoms with E-state index in [1.54, 1.807) is 18.2 Å². The Morgan fingerprint density at radius 2 is 2.26 bits per heavy atom. The van der Waals surface area contributed by atoms with Crippen LogP contribution < -0.4 is 9.84 Å². The van der Waals surface area contributed by atoms with E-state index in [2.05, 4.69) is 6.58 Å². The van der Waals surface area contributed by atoms with Crippen molar-refractivity contribution in [1.82, 2.24) is 4.90 Å². The lowest BCUT2D eigenvalue weighted by Crippen LogP contribution is -2.33. The Kier molecular flexibility index (Phi) is 5.95. The van der Waals surface area contributed by atoms with Gasteiger partial charge in [0.05, 0.1) is 4.91 Å². The lowest BCUT2D eigenvalue weighted by molar-refractivity contribution is -0.305. The van der Waals surface area contributed by atoms with Gasteiger partial charge in [-0.3, -0.25) is 9.69 Å². The monoisotopic (exact) mass is 348 g/mol. The van der Waals surface area contributed by atoms with Crippen LogP contribution in [0, 0.1) is 0 Å². The third-order valence-electron chi connectivity index (χ3n) is 2.94. The summed E-state index contributed by atoms with van der Waals surface area (Å²) >= 11 is 6.27. The maximum absolute atomic E-state index is 12.3. The van der Waals surface area contributed by atoms with Gasteiger partial charge >= 0.3 is 0 Å². The van der Waals surface area contributed by atoms with Gasteiger partial charge in [0, 0.05) is 18.9 Å². The summed E-state index contributed by atoms with van der Waals surface area (Å²) in [6, 6.07) is 7.28. The van der Waals surface area contributed by atoms with Crippen LogP contribution in [-0.4, -0.2) is 34.2 Å². The smallest absolute Gasteiger partial charge is 0.266 e. The quantitative estimate of drug-likeness (QED) is 0.423. The Hall–Kier alpha value is -2.12. The zero-order valence-corrected chi connectivity index (χ0v) is 13.8. The summed E-state index contributed by atoms with van der Waals surface area (Å²) in [6.45, 7) is 4.01. The zero-order chi connectivity index (χ0) is 16.8. The van der Waals surface area contributed by atoms with Crippen LogP contribution in [0.3, 0.4) is 0 Å². The molecule has 0 unspecified atom stereocenters. The Morgan fingerprint density at radius 3 is 2.96 bits per heavy atom. The molecule has 1 heterocycles. The van der Waals surface area contributed by atoms with E-state index in [9.17, 15) is 14.7 Å². The second-order valence-electron chi connectivity index (χ2n) is 4.63. The van der Waals surface area contributed by atoms with Crippen molar-refractivity contribution >= 4 is 46.3 Å². The topological polar surface area (TPSA) is 69.7 Å². The summed E-state index contributed by atoms with van der Waals surface area (Å²) in [4.78, 5) is 24.5. The summed E-state index contributed by atoms with van der Waals surface area (Å²) in [5.74, 6) is -0.833. The molecule has 0 aliphatic carbocycles. The highest BCUT2D eigenvalue weighted by Gasteiger charge is 2.31. The molecule has 1 aliphatic heterocycles. The summed E-state index contributed by atoms with van der Waals surface area (Å²) < 4.78 is 5.80. The van der Waals surface area contributed by atoms with E-state index in [-0.39, 0.29) is 18.9 Å². The summed E-state index contributed by atoms with van der Waals surface area (Å²) in [5, 5.41) is 10.5. The Balaban J connectivity index is 2.13. The van der Waals surface area contributed by atoms with Crippen LogP contribution in [0.1, 0.15) is 12.0 Å². The predicted molar refractivity (Wildman–Crippen MR) is 91.6 cm³/mol. The van der Waals surface area contributed by atoms with Gasteiger partial charge in [0.1, 0.15) is 16.7 Å². The maximum atomic E-state index is 12.3. The Bertz CT molecular complexity index is 684. The van der Waals surface area contributed by atoms with Crippen LogP contribution in [0.5, 0.6) is 5.75 Å². The molecule has 0 atom stereocenters. The van der Waals surface area contributed by atoms with Gasteiger partial charge in [0.2, 0.25) is 0 Å². The molecular weight excluding hydrogens is 334 g/mol. The molecule has 0 bridgehead atoms. The van der Waals surface area contributed by atoms with Crippen molar-refractivity contribution in [3.8, 4) is 5.75 Å². The van der Waals surface area contributed by atoms with Gasteiger partial charge in [-0.2, -0.15) is 0 Å². The highest BCUT2D eigenvalue weighted by molar-refractivity contribution is 8.26. The van der Waals surface area contributed by atoms with Crippen molar-refractivity contribution in [2.75, 3.05) is 13.2 Å². The van der Waals surface area contributed by atoms with Crippen LogP contribution in [0.2, 0.25) is 0 Å². The number of nitrogens with zero attached hydrogens (tertiary/aromatic N) is 1. The van der Waals surface area contributed by atoms with Gasteiger partial charge in [-0.05, 0) is 23.8 Å². The standard InChI is InChI=1S/C16H15NO4S2/c1-2-8-21-12-5-3-4-11(9-12)10-13-15(20)17(16(22)23-13)7-6-14(18)19/h2-5,9-10H,1,6-8H2,(H,18,19)/p-1/b13-10+. The van der Waals surface area contributed by atoms with Gasteiger partial charge in [-0.25, -0.2) is 0 Å². The molecule has 1 saturated heterocycles. The predicted octanol–water partition coefficient (Wildman–Crippen LogP) is 1.59. The summed E-state index contributed by atoms with van der Waals surface area (Å²) in [6.07, 6.45) is 3.11. The minimum absolute atomic E-state index is 0.0207. The number of ether oxygens (including phenoxy) is 1. The van der Waals surface area contributed by atoms with E-state index in [1.807, 2.05) is 18.2 Å². The molecule has 2 rings (SSSR count). The molecule has 0 radical (unpaired) electrons. The first kappa shape index (κ1) is 17.2. The minimum atomic E-state index is -1.21. The van der Waals surface area contributed by atoms with E-state index in [4.69, 9.17) is 17.0 Å². The molecule has 23 heavy (non-hydrogen) atoms. The summed E-state index contributed by atoms with van der Waals surface area (Å²) in [7, 11) is 0. The van der Waals surface area contributed by atoms with Crippen molar-refractivity contribution in [3.63, 3.8) is 0 Å². The molecule has 0 N–H and O–H groups in total. The van der Waals surface area contributed by atoms with Crippen molar-refractivity contribution < 1.29 is 19.4 Å². The highest BCUT2D eigenvalue weighted by Crippen LogP contribution is 2.33. The Morgan fingerprint density at radius 1 is 1.48 bits per heavy atom. The second kappa shape index (κ2) is 7.94. The molecule has 1 aromatic rings. The average Bonchev–Trinajstić information content (AvgIpc) is 2.77. The van der Waals surface area contributed by atoms with Crippen molar-refractivity contribution in [2.24, 2.45) is 0 Å². The fourth-order valence-electron chi connectivity index (χ4n) is 1.90. The van der Waals surface area contributed by atoms with Crippen LogP contribution in [0.25, 0.3) is 6.08 Å². The van der Waals surface area contributed by atoms with Gasteiger partial charge in [-0.15, -0.1) is 0 Å². The van der Waals surface area contributed by atoms with Crippen LogP contribution in [0.4, 0.5) is 0 Å². The van der Waals surface area contributed by atoms with E-state index >= 15 is 0 Å². The average molecular weight is 348 g/mol. The lowest BCUT2D eigenvalue weighted by atomic mass is 10.2. The molecule has 120 valence electrons. The van der Waals surface area contributed by atoms with E-state index in [0.29, 0.717) is 21.6 Å². The Labute approximate surface area is 143 Å². The SMILES string of the molecule is C=CCOc1cccc(/C=C2/SC(=S)N(CCC(=O)[O-])C2=O)c1. The number of benzene rings is 1. The number of carboxylic acids is 1. The third kappa shape index (κ3) is 4.67. The first-order valence-corrected chi connectivity index (χ1v) is 8.02. The van der Waals surface area contributed by atoms with E-state index in [0.717, 1.165) is 17.3 Å². The van der Waals surface area contributed by atoms with E-state index in [1.165, 1.54) is 4.90 Å². The van der Waals surface area contributed by atoms with E-state index < -0.39 is 5.97 Å². The van der Waals surface area contributed by atoms with Gasteiger partial charge in [-0.1, -0.05) is 48.8 Å². The van der Waals surface area contributed by atoms with Gasteiger partial charge in [0.15, 0.2) is 0 Å². The number of aliphatic carboxylic acids is 1. The van der Waals surface area contributed by atoms with Crippen LogP contribution in [0.15, 0.2) is 41.8 Å². The molecule has 5 nitrogen and oxygen atoms in total. The first-order chi connectivity index (χ1) is 11.0. The molecule has 0 spiro atoms. The number of hydrogen-bond donors (Lipinski definition) is 0. The molecule has 7 heteroatoms. The number of thioether (sulfide) groups is 1. The highest BCUT2D eigenvalue weighted by atomic mass is 32.2. The fourth-order valence-corrected chi connectivity index (χ4v) is 3.21. The molecule has 1 aliphatic rings. The zero-order valence-electron chi connectivity index (χ0n) is 12.2. The van der Waals surface area contributed by atoms with Gasteiger partial charge in [0.25, 0.3) is 5.91 Å². The van der Waals surface area contributed by atoms with Crippen LogP contribution in [-0.2, 0) is 9.59 Å². The molecular formula is C16H14NO4S2-. The number of thiocarbonyl (C=S) groups is 1. The number of carbonyl (C=O) groups excluding carboxylic acids is 2. The third-order valence-corrected chi connectivity index (χ3v) is 4.31. The maximum Gasteiger partial charge on any atom is 0.266 e. The minimum Gasteiger partial charge on any atom is -0.550 e. The van der Waals surface area contributed by atoms with Crippen LogP contribution >= 0.6 is 24.0 Å². The molecule has 0 aromatic heterocycles. The summed E-state index contributed by atoms with van der Waals surface area (Å²) in [5.41, 5.74) is 0.798. The van der Waals surface area contributed by atoms with Crippen molar-refractivity contribution in [2.45, 2.75) is 6.42 Å². The number of hydrogen-bond acceptors (Lipinski definition) is 6. The molecule has 1 fully saturated rings. The first-order valence-electron chi connectivity index (χ1n) is 6.80. The van der Waals surface area contributed by atoms with Crippen molar-refractivity contribution in [1.29, 1.82) is 0 Å². The number of carboxylic acid groups (broad SMARTS) is 1. The second-order valence-corrected chi connectivity index (χ2v) is 6.30. The van der Waals surface area contributed by atoms with Gasteiger partial charge < -0.3 is 14.6 Å². The molecule has 1 amide bonds. The normalized spacial score (nSPS) is 16.0. The number of amides is 1.